The molecule has 2 heterocycles. The summed E-state index contributed by atoms with van der Waals surface area (Å²) in [5.74, 6) is 0. The van der Waals surface area contributed by atoms with Crippen LogP contribution in [0.25, 0.3) is 0 Å². The molecule has 4 nitrogen and oxygen atoms in total. The third-order valence-electron chi connectivity index (χ3n) is 3.80. The van der Waals surface area contributed by atoms with Gasteiger partial charge < -0.3 is 14.4 Å². The molecule has 1 saturated heterocycles. The van der Waals surface area contributed by atoms with Crippen LogP contribution >= 0.6 is 0 Å². The van der Waals surface area contributed by atoms with Crippen molar-refractivity contribution < 1.29 is 14.4 Å². The Labute approximate surface area is 108 Å². The lowest BCUT2D eigenvalue weighted by molar-refractivity contribution is 0.00578. The third kappa shape index (κ3) is 2.18. The summed E-state index contributed by atoms with van der Waals surface area (Å²) in [4.78, 5) is 4.30. The van der Waals surface area contributed by atoms with Gasteiger partial charge in [0.2, 0.25) is 0 Å². The van der Waals surface area contributed by atoms with Gasteiger partial charge in [-0.3, -0.25) is 4.98 Å². The van der Waals surface area contributed by atoms with Crippen LogP contribution in [-0.4, -0.2) is 28.4 Å². The summed E-state index contributed by atoms with van der Waals surface area (Å²) >= 11 is 0. The fraction of sp³-hybridized carbons (Fsp3) is 0.615. The Hall–Kier alpha value is -0.905. The van der Waals surface area contributed by atoms with E-state index in [1.54, 1.807) is 19.2 Å². The van der Waals surface area contributed by atoms with Crippen molar-refractivity contribution in [2.75, 3.05) is 0 Å². The van der Waals surface area contributed by atoms with Gasteiger partial charge in [0.15, 0.2) is 0 Å². The molecular weight excluding hydrogens is 229 g/mol. The molecule has 0 saturated carbocycles. The molecule has 5 heteroatoms. The van der Waals surface area contributed by atoms with Crippen molar-refractivity contribution in [2.45, 2.75) is 51.9 Å². The van der Waals surface area contributed by atoms with E-state index in [0.717, 1.165) is 5.56 Å². The van der Waals surface area contributed by atoms with E-state index in [-0.39, 0.29) is 0 Å². The predicted molar refractivity (Wildman–Crippen MR) is 70.6 cm³/mol. The van der Waals surface area contributed by atoms with Gasteiger partial charge in [0.25, 0.3) is 0 Å². The molecule has 0 bridgehead atoms. The van der Waals surface area contributed by atoms with Crippen LogP contribution in [-0.2, 0) is 9.31 Å². The van der Waals surface area contributed by atoms with Crippen LogP contribution in [0.1, 0.15) is 46.3 Å². The Morgan fingerprint density at radius 3 is 2.28 bits per heavy atom. The van der Waals surface area contributed by atoms with Crippen LogP contribution in [0.15, 0.2) is 18.3 Å². The minimum absolute atomic E-state index is 0.398. The number of rotatable bonds is 2. The third-order valence-corrected chi connectivity index (χ3v) is 3.80. The quantitative estimate of drug-likeness (QED) is 0.805. The van der Waals surface area contributed by atoms with Gasteiger partial charge >= 0.3 is 7.12 Å². The average molecular weight is 249 g/mol. The number of hydrogen-bond acceptors (Lipinski definition) is 4. The molecule has 1 atom stereocenters. The topological polar surface area (TPSA) is 51.6 Å². The fourth-order valence-electron chi connectivity index (χ4n) is 1.93. The largest absolute Gasteiger partial charge is 0.514 e. The lowest BCUT2D eigenvalue weighted by Crippen LogP contribution is -2.41. The minimum atomic E-state index is -0.590. The summed E-state index contributed by atoms with van der Waals surface area (Å²) in [6.07, 6.45) is 1.10. The molecule has 1 N–H and O–H groups in total. The van der Waals surface area contributed by atoms with Crippen LogP contribution in [0.4, 0.5) is 0 Å². The van der Waals surface area contributed by atoms with Gasteiger partial charge in [-0.1, -0.05) is 6.07 Å². The Balaban J connectivity index is 2.35. The first-order valence-corrected chi connectivity index (χ1v) is 6.23. The summed E-state index contributed by atoms with van der Waals surface area (Å²) in [5.41, 5.74) is 0.609. The number of nitrogens with zero attached hydrogens (tertiary/aromatic N) is 1. The molecule has 1 aromatic heterocycles. The van der Waals surface area contributed by atoms with E-state index in [9.17, 15) is 5.11 Å². The molecule has 1 aromatic rings. The predicted octanol–water partition coefficient (Wildman–Crippen LogP) is 1.43. The van der Waals surface area contributed by atoms with E-state index in [1.807, 2.05) is 33.8 Å². The standard InChI is InChI=1S/C13H20BNO3/c1-9(16)10-7-6-8-15-11(10)14-17-12(2,3)13(4,5)18-14/h6-9,16H,1-5H3. The monoisotopic (exact) mass is 249 g/mol. The van der Waals surface area contributed by atoms with Crippen LogP contribution in [0, 0.1) is 0 Å². The fourth-order valence-corrected chi connectivity index (χ4v) is 1.93. The molecule has 1 aliphatic heterocycles. The maximum atomic E-state index is 9.77. The average Bonchev–Trinajstić information content (AvgIpc) is 2.48. The van der Waals surface area contributed by atoms with Crippen LogP contribution in [0.2, 0.25) is 0 Å². The maximum absolute atomic E-state index is 9.77. The molecule has 1 aliphatic rings. The normalized spacial score (nSPS) is 23.1. The molecule has 1 unspecified atom stereocenters. The Bertz CT molecular complexity index is 430. The highest BCUT2D eigenvalue weighted by Gasteiger charge is 2.53. The second-order valence-electron chi connectivity index (χ2n) is 5.74. The van der Waals surface area contributed by atoms with Gasteiger partial charge in [-0.2, -0.15) is 0 Å². The van der Waals surface area contributed by atoms with Gasteiger partial charge in [0, 0.05) is 6.20 Å². The Morgan fingerprint density at radius 2 is 1.78 bits per heavy atom. The van der Waals surface area contributed by atoms with Gasteiger partial charge in [-0.05, 0) is 46.2 Å². The van der Waals surface area contributed by atoms with E-state index in [0.29, 0.717) is 5.59 Å². The lowest BCUT2D eigenvalue weighted by Gasteiger charge is -2.32. The van der Waals surface area contributed by atoms with Crippen LogP contribution in [0.3, 0.4) is 0 Å². The van der Waals surface area contributed by atoms with E-state index in [4.69, 9.17) is 9.31 Å². The SMILES string of the molecule is CC(O)c1cccnc1B1OC(C)(C)C(C)(C)O1. The number of hydrogen-bond donors (Lipinski definition) is 1. The van der Waals surface area contributed by atoms with Crippen LogP contribution < -0.4 is 5.59 Å². The van der Waals surface area contributed by atoms with Crippen LogP contribution in [0.5, 0.6) is 0 Å². The first-order chi connectivity index (χ1) is 8.24. The highest BCUT2D eigenvalue weighted by atomic mass is 16.7. The number of aliphatic hydroxyl groups is 1. The molecule has 2 rings (SSSR count). The Kier molecular flexibility index (Phi) is 3.26. The van der Waals surface area contributed by atoms with Crippen molar-refractivity contribution in [2.24, 2.45) is 0 Å². The van der Waals surface area contributed by atoms with Crippen molar-refractivity contribution in [3.8, 4) is 0 Å². The van der Waals surface area contributed by atoms with Crippen molar-refractivity contribution in [3.05, 3.63) is 23.9 Å². The van der Waals surface area contributed by atoms with Gasteiger partial charge in [-0.15, -0.1) is 0 Å². The molecule has 0 spiro atoms. The van der Waals surface area contributed by atoms with Crippen molar-refractivity contribution in [1.29, 1.82) is 0 Å². The second kappa shape index (κ2) is 4.33. The zero-order chi connectivity index (χ0) is 13.6. The van der Waals surface area contributed by atoms with Gasteiger partial charge in [0.1, 0.15) is 0 Å². The number of aliphatic hydroxyl groups excluding tert-OH is 1. The number of pyridine rings is 1. The maximum Gasteiger partial charge on any atom is 0.514 e. The molecule has 1 fully saturated rings. The summed E-state index contributed by atoms with van der Waals surface area (Å²) in [5, 5.41) is 9.77. The van der Waals surface area contributed by atoms with E-state index < -0.39 is 24.4 Å². The minimum Gasteiger partial charge on any atom is -0.398 e. The van der Waals surface area contributed by atoms with Crippen molar-refractivity contribution in [3.63, 3.8) is 0 Å². The van der Waals surface area contributed by atoms with Crippen molar-refractivity contribution in [1.82, 2.24) is 4.98 Å². The van der Waals surface area contributed by atoms with E-state index in [1.165, 1.54) is 0 Å². The molecular formula is C13H20BNO3. The summed E-state index contributed by atoms with van der Waals surface area (Å²) in [6, 6.07) is 3.65. The lowest BCUT2D eigenvalue weighted by atomic mass is 9.79. The molecule has 0 amide bonds. The second-order valence-corrected chi connectivity index (χ2v) is 5.74. The molecule has 98 valence electrons. The first kappa shape index (κ1) is 13.5. The highest BCUT2D eigenvalue weighted by molar-refractivity contribution is 6.61. The molecule has 0 radical (unpaired) electrons. The molecule has 0 aliphatic carbocycles. The summed E-state index contributed by atoms with van der Waals surface area (Å²) in [7, 11) is -0.527. The zero-order valence-corrected chi connectivity index (χ0v) is 11.6. The summed E-state index contributed by atoms with van der Waals surface area (Å²) < 4.78 is 11.9. The highest BCUT2D eigenvalue weighted by Crippen LogP contribution is 2.36. The van der Waals surface area contributed by atoms with Gasteiger partial charge in [-0.25, -0.2) is 0 Å². The van der Waals surface area contributed by atoms with Crippen molar-refractivity contribution >= 4 is 12.7 Å². The van der Waals surface area contributed by atoms with E-state index >= 15 is 0 Å². The summed E-state index contributed by atoms with van der Waals surface area (Å²) in [6.45, 7) is 9.71. The number of aromatic nitrogens is 1. The Morgan fingerprint density at radius 1 is 1.22 bits per heavy atom. The smallest absolute Gasteiger partial charge is 0.398 e. The van der Waals surface area contributed by atoms with Gasteiger partial charge in [0.05, 0.1) is 22.9 Å². The first-order valence-electron chi connectivity index (χ1n) is 6.23. The molecule has 18 heavy (non-hydrogen) atoms. The van der Waals surface area contributed by atoms with E-state index in [2.05, 4.69) is 4.98 Å². The zero-order valence-electron chi connectivity index (χ0n) is 11.6. The molecule has 0 aromatic carbocycles.